The molecule has 4 nitrogen and oxygen atoms in total. The molecule has 1 aliphatic rings. The molecule has 0 spiro atoms. The summed E-state index contributed by atoms with van der Waals surface area (Å²) in [4.78, 5) is 2.51. The van der Waals surface area contributed by atoms with Gasteiger partial charge in [0.1, 0.15) is 0 Å². The molecule has 0 radical (unpaired) electrons. The molecule has 21 heavy (non-hydrogen) atoms. The van der Waals surface area contributed by atoms with Gasteiger partial charge in [-0.25, -0.2) is 0 Å². The van der Waals surface area contributed by atoms with E-state index in [4.69, 9.17) is 15.2 Å². The summed E-state index contributed by atoms with van der Waals surface area (Å²) in [5, 5.41) is 0. The van der Waals surface area contributed by atoms with Crippen LogP contribution >= 0.6 is 0 Å². The molecule has 1 heterocycles. The van der Waals surface area contributed by atoms with Crippen molar-refractivity contribution in [2.24, 2.45) is 11.7 Å². The molecule has 0 saturated carbocycles. The predicted molar refractivity (Wildman–Crippen MR) is 85.9 cm³/mol. The van der Waals surface area contributed by atoms with Gasteiger partial charge < -0.3 is 15.2 Å². The lowest BCUT2D eigenvalue weighted by atomic mass is 9.92. The van der Waals surface area contributed by atoms with Gasteiger partial charge in [0.25, 0.3) is 0 Å². The average molecular weight is 292 g/mol. The molecule has 4 heteroatoms. The Balaban J connectivity index is 2.14. The van der Waals surface area contributed by atoms with Crippen LogP contribution in [0.25, 0.3) is 0 Å². The largest absolute Gasteiger partial charge is 0.493 e. The van der Waals surface area contributed by atoms with Crippen LogP contribution in [0.1, 0.15) is 37.8 Å². The second-order valence-corrected chi connectivity index (χ2v) is 5.75. The minimum absolute atomic E-state index is 0.266. The minimum atomic E-state index is 0.266. The van der Waals surface area contributed by atoms with Gasteiger partial charge in [-0.1, -0.05) is 19.4 Å². The quantitative estimate of drug-likeness (QED) is 0.876. The number of piperidine rings is 1. The fourth-order valence-corrected chi connectivity index (χ4v) is 3.23. The van der Waals surface area contributed by atoms with Gasteiger partial charge in [0, 0.05) is 12.6 Å². The molecule has 1 aromatic carbocycles. The van der Waals surface area contributed by atoms with Gasteiger partial charge in [-0.3, -0.25) is 4.90 Å². The number of benzene rings is 1. The standard InChI is InChI=1S/C17H28N2O2/c1-4-13-7-9-19(10-8-13)15(12-18)14-5-6-16(20-2)17(11-14)21-3/h5-6,11,13,15H,4,7-10,12,18H2,1-3H3. The van der Waals surface area contributed by atoms with Crippen molar-refractivity contribution in [2.45, 2.75) is 32.2 Å². The van der Waals surface area contributed by atoms with Crippen molar-refractivity contribution in [3.05, 3.63) is 23.8 Å². The lowest BCUT2D eigenvalue weighted by Gasteiger charge is -2.37. The van der Waals surface area contributed by atoms with E-state index < -0.39 is 0 Å². The Bertz CT molecular complexity index is 442. The van der Waals surface area contributed by atoms with Crippen molar-refractivity contribution < 1.29 is 9.47 Å². The van der Waals surface area contributed by atoms with E-state index in [9.17, 15) is 0 Å². The number of nitrogens with two attached hydrogens (primary N) is 1. The van der Waals surface area contributed by atoms with Gasteiger partial charge in [-0.15, -0.1) is 0 Å². The van der Waals surface area contributed by atoms with Crippen molar-refractivity contribution >= 4 is 0 Å². The first-order valence-electron chi connectivity index (χ1n) is 7.89. The van der Waals surface area contributed by atoms with Crippen LogP contribution in [-0.2, 0) is 0 Å². The molecule has 1 atom stereocenters. The lowest BCUT2D eigenvalue weighted by molar-refractivity contribution is 0.133. The highest BCUT2D eigenvalue weighted by Gasteiger charge is 2.25. The van der Waals surface area contributed by atoms with E-state index in [-0.39, 0.29) is 6.04 Å². The van der Waals surface area contributed by atoms with Gasteiger partial charge in [0.2, 0.25) is 0 Å². The highest BCUT2D eigenvalue weighted by Crippen LogP contribution is 2.33. The molecule has 1 aromatic rings. The monoisotopic (exact) mass is 292 g/mol. The molecule has 0 amide bonds. The third kappa shape index (κ3) is 3.69. The van der Waals surface area contributed by atoms with E-state index >= 15 is 0 Å². The van der Waals surface area contributed by atoms with Crippen LogP contribution in [-0.4, -0.2) is 38.8 Å². The molecule has 1 fully saturated rings. The summed E-state index contributed by atoms with van der Waals surface area (Å²) >= 11 is 0. The Morgan fingerprint density at radius 2 is 1.86 bits per heavy atom. The first-order chi connectivity index (χ1) is 10.2. The van der Waals surface area contributed by atoms with Crippen molar-refractivity contribution in [2.75, 3.05) is 33.9 Å². The first kappa shape index (κ1) is 16.1. The minimum Gasteiger partial charge on any atom is -0.493 e. The number of likely N-dealkylation sites (tertiary alicyclic amines) is 1. The topological polar surface area (TPSA) is 47.7 Å². The summed E-state index contributed by atoms with van der Waals surface area (Å²) in [6, 6.07) is 6.39. The van der Waals surface area contributed by atoms with E-state index in [2.05, 4.69) is 24.0 Å². The van der Waals surface area contributed by atoms with E-state index in [1.165, 1.54) is 24.8 Å². The van der Waals surface area contributed by atoms with E-state index in [0.29, 0.717) is 6.54 Å². The van der Waals surface area contributed by atoms with E-state index in [1.54, 1.807) is 14.2 Å². The maximum Gasteiger partial charge on any atom is 0.161 e. The second kappa shape index (κ2) is 7.66. The third-order valence-electron chi connectivity index (χ3n) is 4.68. The van der Waals surface area contributed by atoms with Crippen LogP contribution in [0.2, 0.25) is 0 Å². The summed E-state index contributed by atoms with van der Waals surface area (Å²) in [7, 11) is 3.33. The molecule has 118 valence electrons. The van der Waals surface area contributed by atoms with Crippen LogP contribution in [0, 0.1) is 5.92 Å². The maximum atomic E-state index is 6.05. The number of methoxy groups -OCH3 is 2. The van der Waals surface area contributed by atoms with Crippen LogP contribution in [0.15, 0.2) is 18.2 Å². The van der Waals surface area contributed by atoms with Crippen LogP contribution in [0.5, 0.6) is 11.5 Å². The Kier molecular flexibility index (Phi) is 5.88. The normalized spacial score (nSPS) is 18.5. The lowest BCUT2D eigenvalue weighted by Crippen LogP contribution is -2.39. The molecule has 1 aliphatic heterocycles. The van der Waals surface area contributed by atoms with Gasteiger partial charge in [-0.2, -0.15) is 0 Å². The third-order valence-corrected chi connectivity index (χ3v) is 4.68. The highest BCUT2D eigenvalue weighted by atomic mass is 16.5. The number of ether oxygens (including phenoxy) is 2. The zero-order valence-corrected chi connectivity index (χ0v) is 13.5. The predicted octanol–water partition coefficient (Wildman–Crippen LogP) is 2.83. The maximum absolute atomic E-state index is 6.05. The number of hydrogen-bond acceptors (Lipinski definition) is 4. The zero-order valence-electron chi connectivity index (χ0n) is 13.5. The Morgan fingerprint density at radius 3 is 2.38 bits per heavy atom. The second-order valence-electron chi connectivity index (χ2n) is 5.75. The molecule has 0 aliphatic carbocycles. The number of rotatable bonds is 6. The summed E-state index contributed by atoms with van der Waals surface area (Å²) in [6.07, 6.45) is 3.85. The van der Waals surface area contributed by atoms with Gasteiger partial charge in [0.05, 0.1) is 14.2 Å². The summed E-state index contributed by atoms with van der Waals surface area (Å²) in [5.41, 5.74) is 7.26. The van der Waals surface area contributed by atoms with Crippen molar-refractivity contribution in [3.63, 3.8) is 0 Å². The molecule has 0 aromatic heterocycles. The highest BCUT2D eigenvalue weighted by molar-refractivity contribution is 5.43. The van der Waals surface area contributed by atoms with Gasteiger partial charge >= 0.3 is 0 Å². The summed E-state index contributed by atoms with van der Waals surface area (Å²) in [6.45, 7) is 5.19. The zero-order chi connectivity index (χ0) is 15.2. The van der Waals surface area contributed by atoms with Crippen LogP contribution < -0.4 is 15.2 Å². The Labute approximate surface area is 128 Å². The van der Waals surface area contributed by atoms with Crippen molar-refractivity contribution in [3.8, 4) is 11.5 Å². The average Bonchev–Trinajstić information content (AvgIpc) is 2.56. The Morgan fingerprint density at radius 1 is 1.19 bits per heavy atom. The summed E-state index contributed by atoms with van der Waals surface area (Å²) in [5.74, 6) is 2.42. The SMILES string of the molecule is CCC1CCN(C(CN)c2ccc(OC)c(OC)c2)CC1. The van der Waals surface area contributed by atoms with E-state index in [0.717, 1.165) is 30.5 Å². The molecular weight excluding hydrogens is 264 g/mol. The molecule has 1 unspecified atom stereocenters. The number of hydrogen-bond donors (Lipinski definition) is 1. The van der Waals surface area contributed by atoms with Gasteiger partial charge in [-0.05, 0) is 49.5 Å². The van der Waals surface area contributed by atoms with Crippen LogP contribution in [0.3, 0.4) is 0 Å². The first-order valence-corrected chi connectivity index (χ1v) is 7.89. The number of nitrogens with zero attached hydrogens (tertiary/aromatic N) is 1. The van der Waals surface area contributed by atoms with Crippen molar-refractivity contribution in [1.82, 2.24) is 4.90 Å². The fourth-order valence-electron chi connectivity index (χ4n) is 3.23. The molecule has 2 rings (SSSR count). The molecular formula is C17H28N2O2. The summed E-state index contributed by atoms with van der Waals surface area (Å²) < 4.78 is 10.7. The van der Waals surface area contributed by atoms with E-state index in [1.807, 2.05) is 6.07 Å². The fraction of sp³-hybridized carbons (Fsp3) is 0.647. The molecule has 0 bridgehead atoms. The Hall–Kier alpha value is -1.26. The van der Waals surface area contributed by atoms with Crippen LogP contribution in [0.4, 0.5) is 0 Å². The molecule has 2 N–H and O–H groups in total. The molecule has 1 saturated heterocycles. The van der Waals surface area contributed by atoms with Gasteiger partial charge in [0.15, 0.2) is 11.5 Å². The smallest absolute Gasteiger partial charge is 0.161 e. The van der Waals surface area contributed by atoms with Crippen molar-refractivity contribution in [1.29, 1.82) is 0 Å².